The van der Waals surface area contributed by atoms with Crippen LogP contribution in [0.5, 0.6) is 0 Å². The quantitative estimate of drug-likeness (QED) is 0.475. The molecule has 7 heteroatoms. The standard InChI is InChI=1S/C7H12N2O4S/c1-2-13-7(10)3-6-14(11,12)9-5-4-8/h9H,2-3,5-6H2,1H3. The van der Waals surface area contributed by atoms with Gasteiger partial charge in [-0.05, 0) is 6.92 Å². The lowest BCUT2D eigenvalue weighted by Crippen LogP contribution is -2.28. The predicted molar refractivity (Wildman–Crippen MR) is 48.7 cm³/mol. The topological polar surface area (TPSA) is 96.3 Å². The van der Waals surface area contributed by atoms with Crippen LogP contribution in [0, 0.1) is 11.3 Å². The Morgan fingerprint density at radius 1 is 1.57 bits per heavy atom. The first-order valence-electron chi connectivity index (χ1n) is 4.01. The summed E-state index contributed by atoms with van der Waals surface area (Å²) in [6.07, 6.45) is -0.200. The molecule has 0 bridgehead atoms. The van der Waals surface area contributed by atoms with Crippen LogP contribution in [0.2, 0.25) is 0 Å². The van der Waals surface area contributed by atoms with E-state index in [0.717, 1.165) is 0 Å². The fourth-order valence-electron chi connectivity index (χ4n) is 0.665. The molecule has 0 heterocycles. The minimum absolute atomic E-state index is 0.200. The Labute approximate surface area is 82.9 Å². The molecule has 0 atom stereocenters. The lowest BCUT2D eigenvalue weighted by molar-refractivity contribution is -0.142. The summed E-state index contributed by atoms with van der Waals surface area (Å²) in [4.78, 5) is 10.8. The van der Waals surface area contributed by atoms with E-state index in [1.165, 1.54) is 0 Å². The minimum Gasteiger partial charge on any atom is -0.466 e. The SMILES string of the molecule is CCOC(=O)CCS(=O)(=O)NCC#N. The van der Waals surface area contributed by atoms with E-state index in [0.29, 0.717) is 0 Å². The molecule has 0 radical (unpaired) electrons. The van der Waals surface area contributed by atoms with Crippen molar-refractivity contribution in [2.24, 2.45) is 0 Å². The molecule has 0 aliphatic carbocycles. The normalized spacial score (nSPS) is 10.6. The molecule has 0 fully saturated rings. The van der Waals surface area contributed by atoms with Gasteiger partial charge >= 0.3 is 5.97 Å². The van der Waals surface area contributed by atoms with Crippen molar-refractivity contribution in [2.75, 3.05) is 18.9 Å². The predicted octanol–water partition coefficient (Wildman–Crippen LogP) is -0.617. The van der Waals surface area contributed by atoms with Crippen molar-refractivity contribution in [3.63, 3.8) is 0 Å². The number of nitrogens with zero attached hydrogens (tertiary/aromatic N) is 1. The van der Waals surface area contributed by atoms with Gasteiger partial charge in [-0.25, -0.2) is 13.1 Å². The van der Waals surface area contributed by atoms with Crippen LogP contribution in [-0.4, -0.2) is 33.3 Å². The Morgan fingerprint density at radius 3 is 2.71 bits per heavy atom. The highest BCUT2D eigenvalue weighted by Gasteiger charge is 2.12. The monoisotopic (exact) mass is 220 g/mol. The molecule has 0 amide bonds. The van der Waals surface area contributed by atoms with Gasteiger partial charge in [-0.2, -0.15) is 5.26 Å². The van der Waals surface area contributed by atoms with E-state index in [1.807, 2.05) is 4.72 Å². The fourth-order valence-corrected chi connectivity index (χ4v) is 1.53. The second-order valence-corrected chi connectivity index (χ2v) is 4.28. The van der Waals surface area contributed by atoms with Crippen molar-refractivity contribution in [3.05, 3.63) is 0 Å². The Bertz CT molecular complexity index is 317. The maximum absolute atomic E-state index is 11.0. The highest BCUT2D eigenvalue weighted by Crippen LogP contribution is 1.92. The average Bonchev–Trinajstić information content (AvgIpc) is 2.13. The summed E-state index contributed by atoms with van der Waals surface area (Å²) in [7, 11) is -3.53. The third kappa shape index (κ3) is 6.39. The first-order valence-corrected chi connectivity index (χ1v) is 5.67. The van der Waals surface area contributed by atoms with E-state index in [4.69, 9.17) is 5.26 Å². The van der Waals surface area contributed by atoms with E-state index < -0.39 is 16.0 Å². The third-order valence-electron chi connectivity index (χ3n) is 1.25. The van der Waals surface area contributed by atoms with Crippen molar-refractivity contribution in [2.45, 2.75) is 13.3 Å². The number of esters is 1. The van der Waals surface area contributed by atoms with Crippen LogP contribution >= 0.6 is 0 Å². The van der Waals surface area contributed by atoms with Gasteiger partial charge in [-0.3, -0.25) is 4.79 Å². The zero-order valence-electron chi connectivity index (χ0n) is 7.82. The smallest absolute Gasteiger partial charge is 0.306 e. The van der Waals surface area contributed by atoms with Gasteiger partial charge in [0.05, 0.1) is 31.4 Å². The average molecular weight is 220 g/mol. The summed E-state index contributed by atoms with van der Waals surface area (Å²) in [6, 6.07) is 1.63. The Hall–Kier alpha value is -1.13. The van der Waals surface area contributed by atoms with Gasteiger partial charge in [0.1, 0.15) is 0 Å². The van der Waals surface area contributed by atoms with Crippen LogP contribution in [0.1, 0.15) is 13.3 Å². The second-order valence-electron chi connectivity index (χ2n) is 2.35. The van der Waals surface area contributed by atoms with Crippen LogP contribution in [-0.2, 0) is 19.6 Å². The van der Waals surface area contributed by atoms with Crippen LogP contribution < -0.4 is 4.72 Å². The summed E-state index contributed by atoms with van der Waals surface area (Å²) in [5.41, 5.74) is 0. The molecule has 0 aromatic carbocycles. The first kappa shape index (κ1) is 12.9. The summed E-state index contributed by atoms with van der Waals surface area (Å²) in [5, 5.41) is 8.12. The van der Waals surface area contributed by atoms with Gasteiger partial charge in [0.25, 0.3) is 0 Å². The number of nitriles is 1. The molecule has 0 spiro atoms. The molecule has 0 aliphatic heterocycles. The summed E-state index contributed by atoms with van der Waals surface area (Å²) < 4.78 is 28.6. The number of hydrogen-bond acceptors (Lipinski definition) is 5. The number of rotatable bonds is 6. The van der Waals surface area contributed by atoms with Crippen LogP contribution in [0.3, 0.4) is 0 Å². The fraction of sp³-hybridized carbons (Fsp3) is 0.714. The molecule has 0 aromatic rings. The Morgan fingerprint density at radius 2 is 2.21 bits per heavy atom. The van der Waals surface area contributed by atoms with Crippen molar-refractivity contribution in [1.82, 2.24) is 4.72 Å². The number of nitrogens with one attached hydrogen (secondary N) is 1. The van der Waals surface area contributed by atoms with Gasteiger partial charge in [0, 0.05) is 0 Å². The molecule has 6 nitrogen and oxygen atoms in total. The highest BCUT2D eigenvalue weighted by molar-refractivity contribution is 7.89. The van der Waals surface area contributed by atoms with E-state index in [1.54, 1.807) is 13.0 Å². The number of carbonyl (C=O) groups excluding carboxylic acids is 1. The molecule has 1 N–H and O–H groups in total. The molecule has 80 valence electrons. The lowest BCUT2D eigenvalue weighted by atomic mass is 10.5. The van der Waals surface area contributed by atoms with Crippen LogP contribution in [0.25, 0.3) is 0 Å². The van der Waals surface area contributed by atoms with Crippen molar-refractivity contribution >= 4 is 16.0 Å². The second kappa shape index (κ2) is 6.34. The third-order valence-corrected chi connectivity index (χ3v) is 2.58. The Balaban J connectivity index is 3.89. The van der Waals surface area contributed by atoms with Gasteiger partial charge in [0.15, 0.2) is 0 Å². The molecule has 14 heavy (non-hydrogen) atoms. The first-order chi connectivity index (χ1) is 6.52. The molecular formula is C7H12N2O4S. The largest absolute Gasteiger partial charge is 0.466 e. The maximum atomic E-state index is 11.0. The molecule has 0 unspecified atom stereocenters. The zero-order valence-corrected chi connectivity index (χ0v) is 8.63. The number of sulfonamides is 1. The maximum Gasteiger partial charge on any atom is 0.306 e. The molecular weight excluding hydrogens is 208 g/mol. The van der Waals surface area contributed by atoms with E-state index >= 15 is 0 Å². The zero-order chi connectivity index (χ0) is 11.0. The minimum atomic E-state index is -3.53. The lowest BCUT2D eigenvalue weighted by Gasteiger charge is -2.02. The van der Waals surface area contributed by atoms with E-state index in [2.05, 4.69) is 4.74 Å². The van der Waals surface area contributed by atoms with Crippen LogP contribution in [0.15, 0.2) is 0 Å². The van der Waals surface area contributed by atoms with Crippen LogP contribution in [0.4, 0.5) is 0 Å². The molecule has 0 rings (SSSR count). The van der Waals surface area contributed by atoms with Gasteiger partial charge in [0.2, 0.25) is 10.0 Å². The molecule has 0 aromatic heterocycles. The number of carbonyl (C=O) groups is 1. The van der Waals surface area contributed by atoms with Gasteiger partial charge in [-0.15, -0.1) is 0 Å². The van der Waals surface area contributed by atoms with Crippen molar-refractivity contribution in [1.29, 1.82) is 5.26 Å². The van der Waals surface area contributed by atoms with E-state index in [-0.39, 0.29) is 25.3 Å². The highest BCUT2D eigenvalue weighted by atomic mass is 32.2. The summed E-state index contributed by atoms with van der Waals surface area (Å²) in [5.74, 6) is -0.914. The van der Waals surface area contributed by atoms with Gasteiger partial charge in [-0.1, -0.05) is 0 Å². The summed E-state index contributed by atoms with van der Waals surface area (Å²) in [6.45, 7) is 1.58. The number of ether oxygens (including phenoxy) is 1. The van der Waals surface area contributed by atoms with Crippen molar-refractivity contribution < 1.29 is 17.9 Å². The van der Waals surface area contributed by atoms with Gasteiger partial charge < -0.3 is 4.74 Å². The summed E-state index contributed by atoms with van der Waals surface area (Å²) >= 11 is 0. The van der Waals surface area contributed by atoms with E-state index in [9.17, 15) is 13.2 Å². The number of hydrogen-bond donors (Lipinski definition) is 1. The van der Waals surface area contributed by atoms with Crippen molar-refractivity contribution in [3.8, 4) is 6.07 Å². The molecule has 0 aliphatic rings. The molecule has 0 saturated heterocycles. The molecule has 0 saturated carbocycles. The Kier molecular flexibility index (Phi) is 5.83.